The second-order valence-electron chi connectivity index (χ2n) is 10.3. The van der Waals surface area contributed by atoms with Gasteiger partial charge in [-0.2, -0.15) is 5.26 Å². The minimum absolute atomic E-state index is 0.00218. The number of nitriles is 1. The van der Waals surface area contributed by atoms with E-state index >= 15 is 0 Å². The molecule has 0 saturated heterocycles. The second kappa shape index (κ2) is 9.04. The third-order valence-corrected chi connectivity index (χ3v) is 8.15. The Bertz CT molecular complexity index is 1640. The smallest absolute Gasteiger partial charge is 0.164 e. The molecule has 1 heterocycles. The maximum absolute atomic E-state index is 9.63. The highest BCUT2D eigenvalue weighted by Gasteiger charge is 2.44. The molecule has 1 spiro atoms. The molecule has 38 heavy (non-hydrogen) atoms. The summed E-state index contributed by atoms with van der Waals surface area (Å²) in [5.74, 6) is 2.00. The molecule has 4 nitrogen and oxygen atoms in total. The molecule has 0 N–H and O–H groups in total. The Morgan fingerprint density at radius 2 is 1.16 bits per heavy atom. The molecule has 7 rings (SSSR count). The first kappa shape index (κ1) is 22.6. The van der Waals surface area contributed by atoms with Crippen LogP contribution in [0.1, 0.15) is 48.8 Å². The summed E-state index contributed by atoms with van der Waals surface area (Å²) in [5, 5.41) is 9.63. The summed E-state index contributed by atoms with van der Waals surface area (Å²) in [4.78, 5) is 14.7. The van der Waals surface area contributed by atoms with Crippen LogP contribution in [0.4, 0.5) is 0 Å². The van der Waals surface area contributed by atoms with Gasteiger partial charge in [-0.1, -0.05) is 98.1 Å². The summed E-state index contributed by atoms with van der Waals surface area (Å²) < 4.78 is 0. The normalized spacial score (nSPS) is 15.0. The zero-order valence-corrected chi connectivity index (χ0v) is 21.1. The van der Waals surface area contributed by atoms with Crippen molar-refractivity contribution in [1.82, 2.24) is 15.0 Å². The van der Waals surface area contributed by atoms with Gasteiger partial charge in [0.05, 0.1) is 11.6 Å². The minimum Gasteiger partial charge on any atom is -0.208 e. The fourth-order valence-corrected chi connectivity index (χ4v) is 6.34. The van der Waals surface area contributed by atoms with E-state index in [1.54, 1.807) is 0 Å². The molecule has 1 aromatic heterocycles. The molecule has 1 fully saturated rings. The fraction of sp³-hybridized carbons (Fsp3) is 0.176. The fourth-order valence-electron chi connectivity index (χ4n) is 6.34. The van der Waals surface area contributed by atoms with E-state index in [9.17, 15) is 5.26 Å². The predicted molar refractivity (Wildman–Crippen MR) is 150 cm³/mol. The maximum Gasteiger partial charge on any atom is 0.164 e. The third kappa shape index (κ3) is 3.63. The lowest BCUT2D eigenvalue weighted by Gasteiger charge is -2.36. The Hall–Kier alpha value is -4.62. The third-order valence-electron chi connectivity index (χ3n) is 8.15. The lowest BCUT2D eigenvalue weighted by molar-refractivity contribution is 0.353. The average molecular weight is 491 g/mol. The van der Waals surface area contributed by atoms with Gasteiger partial charge in [0.15, 0.2) is 17.5 Å². The van der Waals surface area contributed by atoms with Crippen molar-refractivity contribution in [2.45, 2.75) is 37.5 Å². The SMILES string of the molecule is N#Cc1ccc2c(c1)C1(CCCCC1)c1ccc(-c3nc(-c4ccccc4)nc(-c4ccccc4)n3)cc1-2. The molecule has 4 aromatic carbocycles. The van der Waals surface area contributed by atoms with E-state index in [-0.39, 0.29) is 5.41 Å². The summed E-state index contributed by atoms with van der Waals surface area (Å²) in [5.41, 5.74) is 8.81. The van der Waals surface area contributed by atoms with Crippen LogP contribution in [-0.4, -0.2) is 15.0 Å². The van der Waals surface area contributed by atoms with Gasteiger partial charge in [-0.25, -0.2) is 15.0 Å². The lowest BCUT2D eigenvalue weighted by atomic mass is 9.67. The minimum atomic E-state index is -0.00218. The van der Waals surface area contributed by atoms with Crippen LogP contribution in [0.2, 0.25) is 0 Å². The quantitative estimate of drug-likeness (QED) is 0.257. The van der Waals surface area contributed by atoms with Crippen molar-refractivity contribution < 1.29 is 0 Å². The molecule has 1 saturated carbocycles. The largest absolute Gasteiger partial charge is 0.208 e. The highest BCUT2D eigenvalue weighted by molar-refractivity contribution is 5.85. The van der Waals surface area contributed by atoms with Gasteiger partial charge in [-0.15, -0.1) is 0 Å². The van der Waals surface area contributed by atoms with E-state index in [1.807, 2.05) is 66.7 Å². The van der Waals surface area contributed by atoms with Crippen LogP contribution >= 0.6 is 0 Å². The molecule has 0 unspecified atom stereocenters. The van der Waals surface area contributed by atoms with E-state index in [4.69, 9.17) is 15.0 Å². The number of rotatable bonds is 3. The molecule has 0 amide bonds. The summed E-state index contributed by atoms with van der Waals surface area (Å²) in [6.45, 7) is 0. The van der Waals surface area contributed by atoms with Gasteiger partial charge in [0.2, 0.25) is 0 Å². The Balaban J connectivity index is 1.42. The Morgan fingerprint density at radius 3 is 1.76 bits per heavy atom. The van der Waals surface area contributed by atoms with Crippen LogP contribution < -0.4 is 0 Å². The van der Waals surface area contributed by atoms with Crippen LogP contribution in [0.15, 0.2) is 97.1 Å². The Morgan fingerprint density at radius 1 is 0.553 bits per heavy atom. The van der Waals surface area contributed by atoms with Crippen LogP contribution in [-0.2, 0) is 5.41 Å². The van der Waals surface area contributed by atoms with Crippen LogP contribution in [0.3, 0.4) is 0 Å². The van der Waals surface area contributed by atoms with Gasteiger partial charge in [0.1, 0.15) is 0 Å². The van der Waals surface area contributed by atoms with Crippen LogP contribution in [0.25, 0.3) is 45.3 Å². The van der Waals surface area contributed by atoms with Crippen molar-refractivity contribution in [2.24, 2.45) is 0 Å². The first-order valence-corrected chi connectivity index (χ1v) is 13.3. The van der Waals surface area contributed by atoms with Crippen LogP contribution in [0.5, 0.6) is 0 Å². The monoisotopic (exact) mass is 490 g/mol. The van der Waals surface area contributed by atoms with E-state index in [0.717, 1.165) is 35.1 Å². The first-order chi connectivity index (χ1) is 18.7. The van der Waals surface area contributed by atoms with Crippen molar-refractivity contribution in [3.05, 3.63) is 114 Å². The molecule has 0 aliphatic heterocycles. The van der Waals surface area contributed by atoms with Crippen molar-refractivity contribution in [3.63, 3.8) is 0 Å². The summed E-state index contributed by atoms with van der Waals surface area (Å²) in [6, 6.07) is 35.4. The highest BCUT2D eigenvalue weighted by atomic mass is 15.0. The zero-order valence-electron chi connectivity index (χ0n) is 21.1. The standard InChI is InChI=1S/C34H26N4/c35-22-23-14-16-27-28-21-26(15-17-29(28)34(30(27)20-23)18-8-3-9-19-34)33-37-31(24-10-4-1-5-11-24)36-32(38-33)25-12-6-2-7-13-25/h1-2,4-7,10-17,20-21H,3,8-9,18-19H2. The van der Waals surface area contributed by atoms with Crippen molar-refractivity contribution in [2.75, 3.05) is 0 Å². The molecule has 182 valence electrons. The molecular formula is C34H26N4. The van der Waals surface area contributed by atoms with E-state index in [2.05, 4.69) is 36.4 Å². The van der Waals surface area contributed by atoms with E-state index in [0.29, 0.717) is 17.5 Å². The van der Waals surface area contributed by atoms with Gasteiger partial charge < -0.3 is 0 Å². The van der Waals surface area contributed by atoms with Crippen molar-refractivity contribution in [3.8, 4) is 51.4 Å². The number of hydrogen-bond donors (Lipinski definition) is 0. The lowest BCUT2D eigenvalue weighted by Crippen LogP contribution is -2.28. The van der Waals surface area contributed by atoms with E-state index in [1.165, 1.54) is 41.5 Å². The second-order valence-corrected chi connectivity index (χ2v) is 10.3. The van der Waals surface area contributed by atoms with Crippen molar-refractivity contribution >= 4 is 0 Å². The topological polar surface area (TPSA) is 62.5 Å². The number of benzene rings is 4. The van der Waals surface area contributed by atoms with Crippen LogP contribution in [0, 0.1) is 11.3 Å². The number of fused-ring (bicyclic) bond motifs is 5. The molecule has 4 heteroatoms. The predicted octanol–water partition coefficient (Wildman–Crippen LogP) is 7.97. The summed E-state index contributed by atoms with van der Waals surface area (Å²) in [7, 11) is 0. The average Bonchev–Trinajstić information content (AvgIpc) is 3.26. The van der Waals surface area contributed by atoms with E-state index < -0.39 is 0 Å². The van der Waals surface area contributed by atoms with Gasteiger partial charge in [0, 0.05) is 22.1 Å². The van der Waals surface area contributed by atoms with Gasteiger partial charge in [0.25, 0.3) is 0 Å². The number of nitrogens with zero attached hydrogens (tertiary/aromatic N) is 4. The molecular weight excluding hydrogens is 464 g/mol. The number of aromatic nitrogens is 3. The van der Waals surface area contributed by atoms with Gasteiger partial charge in [-0.3, -0.25) is 0 Å². The Kier molecular flexibility index (Phi) is 5.37. The van der Waals surface area contributed by atoms with Gasteiger partial charge in [-0.05, 0) is 53.3 Å². The molecule has 0 atom stereocenters. The highest BCUT2D eigenvalue weighted by Crippen LogP contribution is 2.56. The molecule has 0 radical (unpaired) electrons. The Labute approximate surface area is 222 Å². The zero-order chi connectivity index (χ0) is 25.5. The van der Waals surface area contributed by atoms with Crippen molar-refractivity contribution in [1.29, 1.82) is 5.26 Å². The number of hydrogen-bond acceptors (Lipinski definition) is 4. The molecule has 2 aliphatic rings. The molecule has 0 bridgehead atoms. The maximum atomic E-state index is 9.63. The summed E-state index contributed by atoms with van der Waals surface area (Å²) in [6.07, 6.45) is 5.96. The summed E-state index contributed by atoms with van der Waals surface area (Å²) >= 11 is 0. The first-order valence-electron chi connectivity index (χ1n) is 13.3. The molecule has 5 aromatic rings. The molecule has 2 aliphatic carbocycles. The van der Waals surface area contributed by atoms with Gasteiger partial charge >= 0.3 is 0 Å².